The number of primary amides is 1. The van der Waals surface area contributed by atoms with E-state index in [1.54, 1.807) is 6.92 Å². The highest BCUT2D eigenvalue weighted by Crippen LogP contribution is 2.14. The van der Waals surface area contributed by atoms with E-state index in [1.807, 2.05) is 6.07 Å². The van der Waals surface area contributed by atoms with Gasteiger partial charge in [-0.05, 0) is 24.6 Å². The number of amides is 1. The molecule has 1 aromatic rings. The lowest BCUT2D eigenvalue weighted by molar-refractivity contribution is 0.0993. The van der Waals surface area contributed by atoms with Gasteiger partial charge >= 0.3 is 0 Å². The Labute approximate surface area is 80.9 Å². The molecular formula is C10H8N2O2. The van der Waals surface area contributed by atoms with E-state index in [2.05, 4.69) is 0 Å². The molecule has 1 rings (SSSR count). The summed E-state index contributed by atoms with van der Waals surface area (Å²) in [5.41, 5.74) is 6.13. The SMILES string of the molecule is Cc1cc(C#N)c(C=O)c(C(N)=O)c1. The molecule has 0 aromatic heterocycles. The zero-order valence-corrected chi connectivity index (χ0v) is 7.57. The molecule has 1 amide bonds. The number of nitrogens with zero attached hydrogens (tertiary/aromatic N) is 1. The summed E-state index contributed by atoms with van der Waals surface area (Å²) in [4.78, 5) is 21.6. The van der Waals surface area contributed by atoms with Crippen LogP contribution in [-0.2, 0) is 0 Å². The third-order valence-corrected chi connectivity index (χ3v) is 1.83. The van der Waals surface area contributed by atoms with Crippen LogP contribution in [0.25, 0.3) is 0 Å². The second-order valence-corrected chi connectivity index (χ2v) is 2.87. The summed E-state index contributed by atoms with van der Waals surface area (Å²) in [6.45, 7) is 1.72. The zero-order valence-electron chi connectivity index (χ0n) is 7.57. The van der Waals surface area contributed by atoms with Crippen molar-refractivity contribution in [3.63, 3.8) is 0 Å². The van der Waals surface area contributed by atoms with Gasteiger partial charge in [-0.2, -0.15) is 5.26 Å². The number of aldehydes is 1. The van der Waals surface area contributed by atoms with E-state index in [-0.39, 0.29) is 16.7 Å². The lowest BCUT2D eigenvalue weighted by Crippen LogP contribution is -2.14. The van der Waals surface area contributed by atoms with Crippen molar-refractivity contribution in [1.29, 1.82) is 5.26 Å². The van der Waals surface area contributed by atoms with Crippen molar-refractivity contribution in [1.82, 2.24) is 0 Å². The van der Waals surface area contributed by atoms with E-state index < -0.39 is 5.91 Å². The number of hydrogen-bond donors (Lipinski definition) is 1. The first-order valence-corrected chi connectivity index (χ1v) is 3.90. The standard InChI is InChI=1S/C10H8N2O2/c1-6-2-7(4-11)9(5-13)8(3-6)10(12)14/h2-3,5H,1H3,(H2,12,14). The smallest absolute Gasteiger partial charge is 0.249 e. The molecule has 0 saturated heterocycles. The topological polar surface area (TPSA) is 83.9 Å². The summed E-state index contributed by atoms with van der Waals surface area (Å²) in [6, 6.07) is 4.87. The molecule has 70 valence electrons. The summed E-state index contributed by atoms with van der Waals surface area (Å²) in [6.07, 6.45) is 0.470. The van der Waals surface area contributed by atoms with Crippen LogP contribution in [0.3, 0.4) is 0 Å². The van der Waals surface area contributed by atoms with Crippen LogP contribution in [-0.4, -0.2) is 12.2 Å². The Bertz CT molecular complexity index is 444. The Hall–Kier alpha value is -2.15. The third-order valence-electron chi connectivity index (χ3n) is 1.83. The lowest BCUT2D eigenvalue weighted by atomic mass is 9.99. The Kier molecular flexibility index (Phi) is 2.63. The molecule has 0 fully saturated rings. The monoisotopic (exact) mass is 188 g/mol. The van der Waals surface area contributed by atoms with Gasteiger partial charge in [-0.1, -0.05) is 0 Å². The first-order valence-electron chi connectivity index (χ1n) is 3.90. The Morgan fingerprint density at radius 2 is 2.21 bits per heavy atom. The molecule has 0 saturated carbocycles. The lowest BCUT2D eigenvalue weighted by Gasteiger charge is -2.03. The summed E-state index contributed by atoms with van der Waals surface area (Å²) >= 11 is 0. The van der Waals surface area contributed by atoms with Crippen LogP contribution >= 0.6 is 0 Å². The first-order chi connectivity index (χ1) is 6.60. The molecule has 0 atom stereocenters. The summed E-state index contributed by atoms with van der Waals surface area (Å²) in [5.74, 6) is -0.702. The number of nitrogens with two attached hydrogens (primary N) is 1. The minimum atomic E-state index is -0.702. The minimum Gasteiger partial charge on any atom is -0.366 e. The molecule has 1 aromatic carbocycles. The van der Waals surface area contributed by atoms with E-state index >= 15 is 0 Å². The number of hydrogen-bond acceptors (Lipinski definition) is 3. The van der Waals surface area contributed by atoms with Crippen molar-refractivity contribution in [3.05, 3.63) is 34.4 Å². The number of carbonyl (C=O) groups excluding carboxylic acids is 2. The summed E-state index contributed by atoms with van der Waals surface area (Å²) in [7, 11) is 0. The van der Waals surface area contributed by atoms with Gasteiger partial charge in [0.1, 0.15) is 0 Å². The van der Waals surface area contributed by atoms with Gasteiger partial charge in [-0.15, -0.1) is 0 Å². The van der Waals surface area contributed by atoms with Crippen LogP contribution in [0.5, 0.6) is 0 Å². The number of aryl methyl sites for hydroxylation is 1. The highest BCUT2D eigenvalue weighted by atomic mass is 16.1. The Balaban J connectivity index is 3.57. The van der Waals surface area contributed by atoms with Crippen LogP contribution < -0.4 is 5.73 Å². The molecule has 4 nitrogen and oxygen atoms in total. The van der Waals surface area contributed by atoms with Crippen LogP contribution in [0.4, 0.5) is 0 Å². The van der Waals surface area contributed by atoms with Gasteiger partial charge < -0.3 is 5.73 Å². The molecule has 0 radical (unpaired) electrons. The van der Waals surface area contributed by atoms with Gasteiger partial charge in [0.15, 0.2) is 6.29 Å². The van der Waals surface area contributed by atoms with E-state index in [0.717, 1.165) is 5.56 Å². The van der Waals surface area contributed by atoms with Crippen molar-refractivity contribution in [2.45, 2.75) is 6.92 Å². The highest BCUT2D eigenvalue weighted by Gasteiger charge is 2.12. The van der Waals surface area contributed by atoms with Crippen molar-refractivity contribution >= 4 is 12.2 Å². The number of benzene rings is 1. The van der Waals surface area contributed by atoms with E-state index in [0.29, 0.717) is 6.29 Å². The van der Waals surface area contributed by atoms with Crippen LogP contribution in [0.15, 0.2) is 12.1 Å². The molecule has 0 heterocycles. The summed E-state index contributed by atoms with van der Waals surface area (Å²) in [5, 5.41) is 8.72. The fourth-order valence-corrected chi connectivity index (χ4v) is 1.22. The quantitative estimate of drug-likeness (QED) is 0.696. The van der Waals surface area contributed by atoms with Crippen molar-refractivity contribution in [2.24, 2.45) is 5.73 Å². The normalized spacial score (nSPS) is 9.14. The highest BCUT2D eigenvalue weighted by molar-refractivity contribution is 6.02. The number of carbonyl (C=O) groups is 2. The molecule has 0 unspecified atom stereocenters. The van der Waals surface area contributed by atoms with Gasteiger partial charge in [-0.25, -0.2) is 0 Å². The van der Waals surface area contributed by atoms with Crippen LogP contribution in [0.1, 0.15) is 31.8 Å². The van der Waals surface area contributed by atoms with Gasteiger partial charge in [0, 0.05) is 5.56 Å². The van der Waals surface area contributed by atoms with Crippen molar-refractivity contribution in [2.75, 3.05) is 0 Å². The molecule has 2 N–H and O–H groups in total. The number of nitriles is 1. The molecule has 4 heteroatoms. The summed E-state index contributed by atoms with van der Waals surface area (Å²) < 4.78 is 0. The first kappa shape index (κ1) is 9.93. The van der Waals surface area contributed by atoms with Crippen molar-refractivity contribution in [3.8, 4) is 6.07 Å². The van der Waals surface area contributed by atoms with Gasteiger partial charge in [0.05, 0.1) is 17.2 Å². The maximum atomic E-state index is 11.0. The zero-order chi connectivity index (χ0) is 10.7. The van der Waals surface area contributed by atoms with Crippen LogP contribution in [0, 0.1) is 18.3 Å². The van der Waals surface area contributed by atoms with Gasteiger partial charge in [0.2, 0.25) is 5.91 Å². The largest absolute Gasteiger partial charge is 0.366 e. The van der Waals surface area contributed by atoms with Crippen LogP contribution in [0.2, 0.25) is 0 Å². The molecule has 0 aliphatic carbocycles. The molecule has 0 spiro atoms. The maximum absolute atomic E-state index is 11.0. The molecule has 0 aliphatic rings. The fourth-order valence-electron chi connectivity index (χ4n) is 1.22. The number of rotatable bonds is 2. The third kappa shape index (κ3) is 1.62. The molecule has 0 bridgehead atoms. The van der Waals surface area contributed by atoms with Crippen molar-refractivity contribution < 1.29 is 9.59 Å². The fraction of sp³-hybridized carbons (Fsp3) is 0.100. The Morgan fingerprint density at radius 1 is 1.57 bits per heavy atom. The second kappa shape index (κ2) is 3.71. The Morgan fingerprint density at radius 3 is 2.64 bits per heavy atom. The average molecular weight is 188 g/mol. The van der Waals surface area contributed by atoms with E-state index in [4.69, 9.17) is 11.0 Å². The maximum Gasteiger partial charge on any atom is 0.249 e. The molecule has 0 aliphatic heterocycles. The van der Waals surface area contributed by atoms with Gasteiger partial charge in [-0.3, -0.25) is 9.59 Å². The van der Waals surface area contributed by atoms with E-state index in [9.17, 15) is 9.59 Å². The molecular weight excluding hydrogens is 180 g/mol. The minimum absolute atomic E-state index is 0.0607. The van der Waals surface area contributed by atoms with Gasteiger partial charge in [0.25, 0.3) is 0 Å². The average Bonchev–Trinajstić information content (AvgIpc) is 2.16. The molecule has 14 heavy (non-hydrogen) atoms. The van der Waals surface area contributed by atoms with E-state index in [1.165, 1.54) is 12.1 Å². The predicted molar refractivity (Wildman–Crippen MR) is 49.8 cm³/mol. The predicted octanol–water partition coefficient (Wildman–Crippen LogP) is 0.778. The second-order valence-electron chi connectivity index (χ2n) is 2.87.